The van der Waals surface area contributed by atoms with E-state index in [0.717, 1.165) is 6.42 Å². The summed E-state index contributed by atoms with van der Waals surface area (Å²) in [6.07, 6.45) is 0.957. The molecule has 0 aromatic heterocycles. The molecule has 5 N–H and O–H groups in total. The zero-order valence-electron chi connectivity index (χ0n) is 11.1. The van der Waals surface area contributed by atoms with Gasteiger partial charge in [0.05, 0.1) is 11.5 Å². The van der Waals surface area contributed by atoms with Crippen LogP contribution >= 0.6 is 12.2 Å². The fourth-order valence-electron chi connectivity index (χ4n) is 1.07. The molecule has 0 aromatic carbocycles. The van der Waals surface area contributed by atoms with E-state index in [1.54, 1.807) is 0 Å². The van der Waals surface area contributed by atoms with E-state index in [1.165, 1.54) is 0 Å². The molecule has 0 bridgehead atoms. The third-order valence-corrected chi connectivity index (χ3v) is 2.43. The zero-order valence-corrected chi connectivity index (χ0v) is 11.9. The Morgan fingerprint density at radius 2 is 1.79 bits per heavy atom. The Morgan fingerprint density at radius 1 is 1.21 bits per heavy atom. The Hall–Kier alpha value is -1.70. The molecule has 19 heavy (non-hydrogen) atoms. The number of rotatable bonds is 7. The molecule has 0 aromatic rings. The molecule has 0 heterocycles. The van der Waals surface area contributed by atoms with Crippen molar-refractivity contribution in [1.82, 2.24) is 16.0 Å². The summed E-state index contributed by atoms with van der Waals surface area (Å²) in [6.45, 7) is 3.91. The van der Waals surface area contributed by atoms with Crippen LogP contribution in [0.5, 0.6) is 0 Å². The van der Waals surface area contributed by atoms with Crippen molar-refractivity contribution in [2.75, 3.05) is 13.1 Å². The molecular weight excluding hydrogens is 268 g/mol. The second-order valence-corrected chi connectivity index (χ2v) is 4.56. The lowest BCUT2D eigenvalue weighted by Gasteiger charge is -2.11. The molecule has 0 aliphatic carbocycles. The van der Waals surface area contributed by atoms with Gasteiger partial charge in [0.15, 0.2) is 0 Å². The van der Waals surface area contributed by atoms with Gasteiger partial charge in [-0.1, -0.05) is 19.1 Å². The number of hydrogen-bond donors (Lipinski definition) is 4. The summed E-state index contributed by atoms with van der Waals surface area (Å²) in [5, 5.41) is 7.32. The SMILES string of the molecule is CCC(C)NC(=O)CCNC(=O)C(=O)NCC(N)=S. The van der Waals surface area contributed by atoms with E-state index in [1.807, 2.05) is 13.8 Å². The van der Waals surface area contributed by atoms with E-state index >= 15 is 0 Å². The number of hydrogen-bond acceptors (Lipinski definition) is 4. The Labute approximate surface area is 117 Å². The van der Waals surface area contributed by atoms with Crippen molar-refractivity contribution in [3.63, 3.8) is 0 Å². The molecule has 3 amide bonds. The smallest absolute Gasteiger partial charge is 0.309 e. The first-order valence-electron chi connectivity index (χ1n) is 6.00. The zero-order chi connectivity index (χ0) is 14.8. The molecule has 0 aliphatic heterocycles. The van der Waals surface area contributed by atoms with Crippen molar-refractivity contribution in [2.24, 2.45) is 5.73 Å². The first-order valence-corrected chi connectivity index (χ1v) is 6.41. The molecule has 0 saturated heterocycles. The largest absolute Gasteiger partial charge is 0.392 e. The fraction of sp³-hybridized carbons (Fsp3) is 0.636. The Balaban J connectivity index is 3.82. The number of carbonyl (C=O) groups excluding carboxylic acids is 3. The summed E-state index contributed by atoms with van der Waals surface area (Å²) in [6, 6.07) is 0.0945. The van der Waals surface area contributed by atoms with Crippen LogP contribution in [0.3, 0.4) is 0 Å². The minimum Gasteiger partial charge on any atom is -0.392 e. The van der Waals surface area contributed by atoms with Gasteiger partial charge in [-0.05, 0) is 13.3 Å². The van der Waals surface area contributed by atoms with Crippen molar-refractivity contribution in [3.8, 4) is 0 Å². The van der Waals surface area contributed by atoms with E-state index < -0.39 is 11.8 Å². The summed E-state index contributed by atoms with van der Waals surface area (Å²) < 4.78 is 0. The lowest BCUT2D eigenvalue weighted by atomic mass is 10.2. The van der Waals surface area contributed by atoms with Crippen molar-refractivity contribution < 1.29 is 14.4 Å². The van der Waals surface area contributed by atoms with Gasteiger partial charge in [0.1, 0.15) is 0 Å². The summed E-state index contributed by atoms with van der Waals surface area (Å²) in [4.78, 5) is 34.0. The van der Waals surface area contributed by atoms with Gasteiger partial charge in [0.2, 0.25) is 5.91 Å². The standard InChI is InChI=1S/C11H20N4O3S/c1-3-7(2)15-9(16)4-5-13-10(17)11(18)14-6-8(12)19/h7H,3-6H2,1-2H3,(H2,12,19)(H,13,17)(H,14,18)(H,15,16). The average Bonchev–Trinajstić information content (AvgIpc) is 2.35. The van der Waals surface area contributed by atoms with E-state index in [2.05, 4.69) is 28.2 Å². The van der Waals surface area contributed by atoms with Crippen LogP contribution in [0.15, 0.2) is 0 Å². The van der Waals surface area contributed by atoms with Crippen LogP contribution in [-0.2, 0) is 14.4 Å². The summed E-state index contributed by atoms with van der Waals surface area (Å²) in [7, 11) is 0. The molecule has 7 nitrogen and oxygen atoms in total. The molecule has 8 heteroatoms. The van der Waals surface area contributed by atoms with Gasteiger partial charge < -0.3 is 21.7 Å². The highest BCUT2D eigenvalue weighted by atomic mass is 32.1. The Kier molecular flexibility index (Phi) is 8.43. The van der Waals surface area contributed by atoms with Crippen molar-refractivity contribution in [2.45, 2.75) is 32.7 Å². The van der Waals surface area contributed by atoms with Gasteiger partial charge in [-0.25, -0.2) is 0 Å². The van der Waals surface area contributed by atoms with E-state index in [-0.39, 0.29) is 36.4 Å². The third kappa shape index (κ3) is 8.95. The number of thiocarbonyl (C=S) groups is 1. The van der Waals surface area contributed by atoms with E-state index in [9.17, 15) is 14.4 Å². The maximum atomic E-state index is 11.4. The van der Waals surface area contributed by atoms with Gasteiger partial charge in [-0.2, -0.15) is 0 Å². The van der Waals surface area contributed by atoms with Crippen LogP contribution in [0.2, 0.25) is 0 Å². The summed E-state index contributed by atoms with van der Waals surface area (Å²) >= 11 is 4.55. The normalized spacial score (nSPS) is 11.3. The Bertz CT molecular complexity index is 360. The van der Waals surface area contributed by atoms with Crippen LogP contribution in [-0.4, -0.2) is 41.8 Å². The fourth-order valence-corrected chi connectivity index (χ4v) is 1.14. The van der Waals surface area contributed by atoms with Crippen LogP contribution in [0.1, 0.15) is 26.7 Å². The molecule has 1 atom stereocenters. The maximum Gasteiger partial charge on any atom is 0.309 e. The van der Waals surface area contributed by atoms with Crippen LogP contribution in [0, 0.1) is 0 Å². The molecule has 0 fully saturated rings. The number of nitrogens with two attached hydrogens (primary N) is 1. The van der Waals surface area contributed by atoms with Gasteiger partial charge in [0, 0.05) is 19.0 Å². The summed E-state index contributed by atoms with van der Waals surface area (Å²) in [5.41, 5.74) is 5.17. The average molecular weight is 288 g/mol. The third-order valence-electron chi connectivity index (χ3n) is 2.29. The minimum absolute atomic E-state index is 0.0317. The Morgan fingerprint density at radius 3 is 2.32 bits per heavy atom. The maximum absolute atomic E-state index is 11.4. The van der Waals surface area contributed by atoms with Crippen molar-refractivity contribution in [1.29, 1.82) is 0 Å². The van der Waals surface area contributed by atoms with Crippen molar-refractivity contribution in [3.05, 3.63) is 0 Å². The molecule has 0 radical (unpaired) electrons. The minimum atomic E-state index is -0.824. The van der Waals surface area contributed by atoms with Gasteiger partial charge in [-0.15, -0.1) is 0 Å². The lowest BCUT2D eigenvalue weighted by molar-refractivity contribution is -0.139. The van der Waals surface area contributed by atoms with E-state index in [0.29, 0.717) is 0 Å². The predicted molar refractivity (Wildman–Crippen MR) is 75.3 cm³/mol. The highest BCUT2D eigenvalue weighted by Crippen LogP contribution is 1.89. The number of nitrogens with one attached hydrogen (secondary N) is 3. The first kappa shape index (κ1) is 17.3. The lowest BCUT2D eigenvalue weighted by Crippen LogP contribution is -2.43. The van der Waals surface area contributed by atoms with Gasteiger partial charge in [-0.3, -0.25) is 14.4 Å². The molecule has 108 valence electrons. The quantitative estimate of drug-likeness (QED) is 0.347. The van der Waals surface area contributed by atoms with Gasteiger partial charge in [0.25, 0.3) is 0 Å². The number of carbonyl (C=O) groups is 3. The molecule has 0 aliphatic rings. The molecule has 0 saturated carbocycles. The predicted octanol–water partition coefficient (Wildman–Crippen LogP) is -1.19. The van der Waals surface area contributed by atoms with Crippen molar-refractivity contribution >= 4 is 34.9 Å². The first-order chi connectivity index (χ1) is 8.86. The molecule has 0 rings (SSSR count). The highest BCUT2D eigenvalue weighted by Gasteiger charge is 2.13. The van der Waals surface area contributed by atoms with Gasteiger partial charge >= 0.3 is 11.8 Å². The van der Waals surface area contributed by atoms with Crippen LogP contribution in [0.4, 0.5) is 0 Å². The van der Waals surface area contributed by atoms with E-state index in [4.69, 9.17) is 5.73 Å². The summed E-state index contributed by atoms with van der Waals surface area (Å²) in [5.74, 6) is -1.80. The van der Waals surface area contributed by atoms with Crippen LogP contribution in [0.25, 0.3) is 0 Å². The molecule has 1 unspecified atom stereocenters. The highest BCUT2D eigenvalue weighted by molar-refractivity contribution is 7.80. The second-order valence-electron chi connectivity index (χ2n) is 4.03. The molecular formula is C11H20N4O3S. The number of amides is 3. The topological polar surface area (TPSA) is 113 Å². The monoisotopic (exact) mass is 288 g/mol. The molecule has 0 spiro atoms. The van der Waals surface area contributed by atoms with Crippen LogP contribution < -0.4 is 21.7 Å². The second kappa shape index (κ2) is 9.26.